The maximum Gasteiger partial charge on any atom is 0.416 e. The molecule has 0 N–H and O–H groups in total. The van der Waals surface area contributed by atoms with Crippen molar-refractivity contribution in [3.05, 3.63) is 47.2 Å². The molecule has 3 rings (SSSR count). The summed E-state index contributed by atoms with van der Waals surface area (Å²) in [6, 6.07) is 7.02. The van der Waals surface area contributed by atoms with Gasteiger partial charge in [-0.2, -0.15) is 13.2 Å². The molecule has 0 radical (unpaired) electrons. The van der Waals surface area contributed by atoms with E-state index in [1.807, 2.05) is 0 Å². The van der Waals surface area contributed by atoms with Crippen LogP contribution in [0, 0.1) is 0 Å². The predicted octanol–water partition coefficient (Wildman–Crippen LogP) is 3.95. The Hall–Kier alpha value is -1.80. The quantitative estimate of drug-likeness (QED) is 0.667. The molecule has 21 heavy (non-hydrogen) atoms. The Labute approximate surface area is 126 Å². The van der Waals surface area contributed by atoms with Crippen LogP contribution in [0.4, 0.5) is 13.2 Å². The number of alkyl halides is 3. The van der Waals surface area contributed by atoms with Gasteiger partial charge in [-0.05, 0) is 36.0 Å². The van der Waals surface area contributed by atoms with Gasteiger partial charge in [0, 0.05) is 6.20 Å². The van der Waals surface area contributed by atoms with E-state index in [0.29, 0.717) is 10.8 Å². The lowest BCUT2D eigenvalue weighted by Crippen LogP contribution is -2.05. The molecule has 0 unspecified atom stereocenters. The first kappa shape index (κ1) is 14.2. The first-order valence-corrected chi connectivity index (χ1v) is 6.85. The number of hydrogen-bond donors (Lipinski definition) is 0. The van der Waals surface area contributed by atoms with Crippen LogP contribution in [-0.4, -0.2) is 19.6 Å². The number of rotatable bonds is 2. The van der Waals surface area contributed by atoms with Crippen molar-refractivity contribution < 1.29 is 13.2 Å². The minimum absolute atomic E-state index is 0.105. The third kappa shape index (κ3) is 2.96. The van der Waals surface area contributed by atoms with Crippen molar-refractivity contribution >= 4 is 29.0 Å². The maximum atomic E-state index is 12.8. The van der Waals surface area contributed by atoms with Gasteiger partial charge in [0.15, 0.2) is 5.65 Å². The molecule has 0 aromatic carbocycles. The molecule has 3 heterocycles. The van der Waals surface area contributed by atoms with Crippen LogP contribution in [-0.2, 0) is 6.18 Å². The van der Waals surface area contributed by atoms with Gasteiger partial charge in [0.1, 0.15) is 10.2 Å². The zero-order valence-electron chi connectivity index (χ0n) is 10.2. The summed E-state index contributed by atoms with van der Waals surface area (Å²) in [5.41, 5.74) is -0.253. The number of nitrogens with zero attached hydrogens (tertiary/aromatic N) is 4. The molecule has 0 saturated heterocycles. The first-order valence-electron chi connectivity index (χ1n) is 5.66. The van der Waals surface area contributed by atoms with Gasteiger partial charge in [-0.3, -0.25) is 4.40 Å². The number of halogens is 4. The van der Waals surface area contributed by atoms with Crippen LogP contribution in [0.1, 0.15) is 5.56 Å². The average molecular weight is 331 g/mol. The van der Waals surface area contributed by atoms with Gasteiger partial charge in [0.2, 0.25) is 5.16 Å². The summed E-state index contributed by atoms with van der Waals surface area (Å²) >= 11 is 6.61. The molecule has 0 spiro atoms. The van der Waals surface area contributed by atoms with Gasteiger partial charge < -0.3 is 0 Å². The highest BCUT2D eigenvalue weighted by Crippen LogP contribution is 2.34. The Bertz CT molecular complexity index is 803. The average Bonchev–Trinajstić information content (AvgIpc) is 2.81. The Morgan fingerprint density at radius 1 is 1.14 bits per heavy atom. The molecule has 3 aromatic heterocycles. The largest absolute Gasteiger partial charge is 0.416 e. The fraction of sp³-hybridized carbons (Fsp3) is 0.0833. The lowest BCUT2D eigenvalue weighted by Gasteiger charge is -2.08. The second kappa shape index (κ2) is 5.19. The van der Waals surface area contributed by atoms with Crippen molar-refractivity contribution in [2.75, 3.05) is 0 Å². The number of hydrogen-bond acceptors (Lipinski definition) is 4. The third-order valence-electron chi connectivity index (χ3n) is 2.58. The van der Waals surface area contributed by atoms with E-state index in [1.165, 1.54) is 0 Å². The minimum Gasteiger partial charge on any atom is -0.277 e. The molecular formula is C12H6ClF3N4S. The van der Waals surface area contributed by atoms with Crippen LogP contribution >= 0.6 is 23.4 Å². The molecule has 0 aliphatic carbocycles. The minimum atomic E-state index is -4.48. The summed E-state index contributed by atoms with van der Waals surface area (Å²) in [5, 5.41) is 8.14. The molecule has 0 aliphatic heterocycles. The second-order valence-electron chi connectivity index (χ2n) is 4.03. The van der Waals surface area contributed by atoms with Gasteiger partial charge in [-0.1, -0.05) is 17.7 Å². The van der Waals surface area contributed by atoms with E-state index in [1.54, 1.807) is 28.8 Å². The van der Waals surface area contributed by atoms with Crippen molar-refractivity contribution in [3.63, 3.8) is 0 Å². The monoisotopic (exact) mass is 330 g/mol. The molecule has 0 saturated carbocycles. The Morgan fingerprint density at radius 2 is 1.95 bits per heavy atom. The van der Waals surface area contributed by atoms with Crippen LogP contribution in [0.25, 0.3) is 5.65 Å². The highest BCUT2D eigenvalue weighted by molar-refractivity contribution is 7.99. The van der Waals surface area contributed by atoms with E-state index in [-0.39, 0.29) is 10.2 Å². The molecule has 3 aromatic rings. The van der Waals surface area contributed by atoms with E-state index in [0.717, 1.165) is 23.9 Å². The molecule has 4 nitrogen and oxygen atoms in total. The SMILES string of the molecule is FC(F)(F)c1cc(Cl)nc(Sc2nnc3ccccn23)c1. The molecule has 108 valence electrons. The van der Waals surface area contributed by atoms with E-state index in [2.05, 4.69) is 15.2 Å². The van der Waals surface area contributed by atoms with Crippen LogP contribution in [0.2, 0.25) is 5.15 Å². The third-order valence-corrected chi connectivity index (χ3v) is 3.65. The van der Waals surface area contributed by atoms with Gasteiger partial charge >= 0.3 is 6.18 Å². The van der Waals surface area contributed by atoms with Gasteiger partial charge in [0.05, 0.1) is 5.56 Å². The summed E-state index contributed by atoms with van der Waals surface area (Å²) in [4.78, 5) is 3.88. The Kier molecular flexibility index (Phi) is 3.50. The zero-order valence-corrected chi connectivity index (χ0v) is 11.7. The summed E-state index contributed by atoms with van der Waals surface area (Å²) in [6.45, 7) is 0. The van der Waals surface area contributed by atoms with E-state index >= 15 is 0 Å². The van der Waals surface area contributed by atoms with Crippen molar-refractivity contribution in [1.82, 2.24) is 19.6 Å². The van der Waals surface area contributed by atoms with Crippen LogP contribution in [0.15, 0.2) is 46.7 Å². The molecular weight excluding hydrogens is 325 g/mol. The fourth-order valence-corrected chi connectivity index (χ4v) is 2.78. The molecule has 0 atom stereocenters. The summed E-state index contributed by atoms with van der Waals surface area (Å²) < 4.78 is 39.9. The normalized spacial score (nSPS) is 12.0. The van der Waals surface area contributed by atoms with Gasteiger partial charge in [-0.25, -0.2) is 4.98 Å². The molecule has 9 heteroatoms. The van der Waals surface area contributed by atoms with Crippen molar-refractivity contribution in [2.45, 2.75) is 16.4 Å². The van der Waals surface area contributed by atoms with E-state index < -0.39 is 11.7 Å². The predicted molar refractivity (Wildman–Crippen MR) is 71.4 cm³/mol. The van der Waals surface area contributed by atoms with Crippen LogP contribution < -0.4 is 0 Å². The second-order valence-corrected chi connectivity index (χ2v) is 5.40. The van der Waals surface area contributed by atoms with Crippen molar-refractivity contribution in [3.8, 4) is 0 Å². The molecule has 0 amide bonds. The fourth-order valence-electron chi connectivity index (χ4n) is 1.67. The smallest absolute Gasteiger partial charge is 0.277 e. The Morgan fingerprint density at radius 3 is 2.71 bits per heavy atom. The van der Waals surface area contributed by atoms with E-state index in [9.17, 15) is 13.2 Å². The lowest BCUT2D eigenvalue weighted by atomic mass is 10.3. The highest BCUT2D eigenvalue weighted by Gasteiger charge is 2.31. The van der Waals surface area contributed by atoms with E-state index in [4.69, 9.17) is 11.6 Å². The highest BCUT2D eigenvalue weighted by atomic mass is 35.5. The molecule has 0 bridgehead atoms. The summed E-state index contributed by atoms with van der Waals surface area (Å²) in [5.74, 6) is 0. The number of pyridine rings is 2. The van der Waals surface area contributed by atoms with Gasteiger partial charge in [0.25, 0.3) is 0 Å². The number of aromatic nitrogens is 4. The van der Waals surface area contributed by atoms with Crippen LogP contribution in [0.3, 0.4) is 0 Å². The maximum absolute atomic E-state index is 12.8. The van der Waals surface area contributed by atoms with Crippen molar-refractivity contribution in [1.29, 1.82) is 0 Å². The van der Waals surface area contributed by atoms with Crippen molar-refractivity contribution in [2.24, 2.45) is 0 Å². The summed E-state index contributed by atoms with van der Waals surface area (Å²) in [7, 11) is 0. The number of fused-ring (bicyclic) bond motifs is 1. The summed E-state index contributed by atoms with van der Waals surface area (Å²) in [6.07, 6.45) is -2.76. The Balaban J connectivity index is 2.00. The molecule has 0 aliphatic rings. The van der Waals surface area contributed by atoms with Gasteiger partial charge in [-0.15, -0.1) is 10.2 Å². The molecule has 0 fully saturated rings. The topological polar surface area (TPSA) is 43.1 Å². The van der Waals surface area contributed by atoms with Crippen LogP contribution in [0.5, 0.6) is 0 Å². The lowest BCUT2D eigenvalue weighted by molar-refractivity contribution is -0.137. The first-order chi connectivity index (χ1) is 9.93. The zero-order chi connectivity index (χ0) is 15.0. The standard InChI is InChI=1S/C12H6ClF3N4S/c13-8-5-7(12(14,15)16)6-10(17-8)21-11-19-18-9-3-1-2-4-20(9)11/h1-6H.